The van der Waals surface area contributed by atoms with E-state index in [0.29, 0.717) is 24.3 Å². The molecule has 0 unspecified atom stereocenters. The van der Waals surface area contributed by atoms with Crippen molar-refractivity contribution < 1.29 is 9.18 Å². The fourth-order valence-electron chi connectivity index (χ4n) is 1.44. The number of hydrogen-bond acceptors (Lipinski definition) is 1. The number of hydrogen-bond donors (Lipinski definition) is 1. The van der Waals surface area contributed by atoms with E-state index in [-0.39, 0.29) is 17.8 Å². The molecular formula is C14H20FNO. The summed E-state index contributed by atoms with van der Waals surface area (Å²) in [6.07, 6.45) is 0.779. The molecule has 0 bridgehead atoms. The van der Waals surface area contributed by atoms with Gasteiger partial charge in [0.15, 0.2) is 0 Å². The largest absolute Gasteiger partial charge is 0.353 e. The Bertz CT molecular complexity index is 376. The highest BCUT2D eigenvalue weighted by Gasteiger charge is 2.11. The molecule has 1 atom stereocenters. The third-order valence-corrected chi connectivity index (χ3v) is 2.97. The van der Waals surface area contributed by atoms with E-state index in [0.717, 1.165) is 0 Å². The van der Waals surface area contributed by atoms with Crippen molar-refractivity contribution in [2.75, 3.05) is 0 Å². The van der Waals surface area contributed by atoms with Gasteiger partial charge in [-0.3, -0.25) is 4.79 Å². The highest BCUT2D eigenvalue weighted by molar-refractivity contribution is 5.76. The zero-order valence-corrected chi connectivity index (χ0v) is 10.7. The van der Waals surface area contributed by atoms with Crippen LogP contribution in [0.5, 0.6) is 0 Å². The maximum atomic E-state index is 13.3. The third-order valence-electron chi connectivity index (χ3n) is 2.97. The Morgan fingerprint density at radius 3 is 2.53 bits per heavy atom. The smallest absolute Gasteiger partial charge is 0.220 e. The van der Waals surface area contributed by atoms with Crippen molar-refractivity contribution in [2.45, 2.75) is 39.7 Å². The molecule has 0 saturated carbocycles. The molecule has 0 heterocycles. The third kappa shape index (κ3) is 4.55. The summed E-state index contributed by atoms with van der Waals surface area (Å²) in [5.74, 6) is 0.152. The molecule has 0 radical (unpaired) electrons. The SMILES string of the molecule is CC(C)[C@@H](C)NC(=O)CCc1ccccc1F. The first-order valence-electron chi connectivity index (χ1n) is 6.03. The Hall–Kier alpha value is -1.38. The quantitative estimate of drug-likeness (QED) is 0.838. The minimum Gasteiger partial charge on any atom is -0.353 e. The average Bonchev–Trinajstić information content (AvgIpc) is 2.27. The second kappa shape index (κ2) is 6.38. The lowest BCUT2D eigenvalue weighted by Gasteiger charge is -2.17. The van der Waals surface area contributed by atoms with E-state index in [4.69, 9.17) is 0 Å². The Labute approximate surface area is 102 Å². The van der Waals surface area contributed by atoms with E-state index >= 15 is 0 Å². The summed E-state index contributed by atoms with van der Waals surface area (Å²) in [6, 6.07) is 6.73. The van der Waals surface area contributed by atoms with E-state index in [9.17, 15) is 9.18 Å². The number of rotatable bonds is 5. The van der Waals surface area contributed by atoms with Gasteiger partial charge in [-0.25, -0.2) is 4.39 Å². The lowest BCUT2D eigenvalue weighted by molar-refractivity contribution is -0.121. The first-order valence-corrected chi connectivity index (χ1v) is 6.03. The van der Waals surface area contributed by atoms with Gasteiger partial charge >= 0.3 is 0 Å². The lowest BCUT2D eigenvalue weighted by atomic mass is 10.1. The van der Waals surface area contributed by atoms with Crippen LogP contribution in [0.25, 0.3) is 0 Å². The molecule has 3 heteroatoms. The Kier molecular flexibility index (Phi) is 5.13. The van der Waals surface area contributed by atoms with Crippen molar-refractivity contribution in [3.63, 3.8) is 0 Å². The van der Waals surface area contributed by atoms with Crippen molar-refractivity contribution in [2.24, 2.45) is 5.92 Å². The highest BCUT2D eigenvalue weighted by Crippen LogP contribution is 2.09. The second-order valence-electron chi connectivity index (χ2n) is 4.69. The molecule has 0 aromatic heterocycles. The normalized spacial score (nSPS) is 12.5. The van der Waals surface area contributed by atoms with Gasteiger partial charge in [-0.15, -0.1) is 0 Å². The first kappa shape index (κ1) is 13.7. The van der Waals surface area contributed by atoms with Crippen LogP contribution in [0, 0.1) is 11.7 Å². The van der Waals surface area contributed by atoms with Crippen LogP contribution in [0.3, 0.4) is 0 Å². The fourth-order valence-corrected chi connectivity index (χ4v) is 1.44. The molecule has 1 aromatic carbocycles. The zero-order valence-electron chi connectivity index (χ0n) is 10.7. The second-order valence-corrected chi connectivity index (χ2v) is 4.69. The number of benzene rings is 1. The summed E-state index contributed by atoms with van der Waals surface area (Å²) in [5, 5.41) is 2.91. The number of halogens is 1. The lowest BCUT2D eigenvalue weighted by Crippen LogP contribution is -2.36. The molecule has 0 spiro atoms. The van der Waals surface area contributed by atoms with Crippen molar-refractivity contribution in [1.82, 2.24) is 5.32 Å². The van der Waals surface area contributed by atoms with Gasteiger partial charge in [-0.2, -0.15) is 0 Å². The van der Waals surface area contributed by atoms with Gasteiger partial charge in [0.25, 0.3) is 0 Å². The van der Waals surface area contributed by atoms with Crippen molar-refractivity contribution in [3.8, 4) is 0 Å². The van der Waals surface area contributed by atoms with Crippen LogP contribution in [0.15, 0.2) is 24.3 Å². The molecule has 0 aliphatic heterocycles. The molecule has 0 aliphatic carbocycles. The van der Waals surface area contributed by atoms with Gasteiger partial charge < -0.3 is 5.32 Å². The predicted molar refractivity (Wildman–Crippen MR) is 67.2 cm³/mol. The number of nitrogens with one attached hydrogen (secondary N) is 1. The molecular weight excluding hydrogens is 217 g/mol. The summed E-state index contributed by atoms with van der Waals surface area (Å²) in [5.41, 5.74) is 0.597. The molecule has 0 aliphatic rings. The number of amides is 1. The molecule has 1 N–H and O–H groups in total. The molecule has 1 rings (SSSR count). The van der Waals surface area contributed by atoms with Crippen LogP contribution < -0.4 is 5.32 Å². The van der Waals surface area contributed by atoms with Crippen molar-refractivity contribution in [1.29, 1.82) is 0 Å². The van der Waals surface area contributed by atoms with E-state index in [1.807, 2.05) is 6.92 Å². The van der Waals surface area contributed by atoms with Crippen molar-refractivity contribution >= 4 is 5.91 Å². The van der Waals surface area contributed by atoms with Gasteiger partial charge in [-0.05, 0) is 30.9 Å². The minimum atomic E-state index is -0.239. The molecule has 0 saturated heterocycles. The first-order chi connectivity index (χ1) is 8.00. The summed E-state index contributed by atoms with van der Waals surface area (Å²) < 4.78 is 13.3. The zero-order chi connectivity index (χ0) is 12.8. The van der Waals surface area contributed by atoms with Gasteiger partial charge in [0, 0.05) is 12.5 Å². The van der Waals surface area contributed by atoms with Crippen molar-refractivity contribution in [3.05, 3.63) is 35.6 Å². The monoisotopic (exact) mass is 237 g/mol. The average molecular weight is 237 g/mol. The van der Waals surface area contributed by atoms with Crippen LogP contribution in [-0.2, 0) is 11.2 Å². The van der Waals surface area contributed by atoms with Crippen LogP contribution in [0.2, 0.25) is 0 Å². The summed E-state index contributed by atoms with van der Waals surface area (Å²) >= 11 is 0. The van der Waals surface area contributed by atoms with E-state index in [1.165, 1.54) is 6.07 Å². The van der Waals surface area contributed by atoms with Crippen LogP contribution >= 0.6 is 0 Å². The number of carbonyl (C=O) groups is 1. The molecule has 2 nitrogen and oxygen atoms in total. The maximum absolute atomic E-state index is 13.3. The molecule has 1 aromatic rings. The van der Waals surface area contributed by atoms with E-state index in [2.05, 4.69) is 19.2 Å². The van der Waals surface area contributed by atoms with Crippen LogP contribution in [-0.4, -0.2) is 11.9 Å². The Morgan fingerprint density at radius 1 is 1.29 bits per heavy atom. The maximum Gasteiger partial charge on any atom is 0.220 e. The molecule has 1 amide bonds. The molecule has 94 valence electrons. The number of carbonyl (C=O) groups excluding carboxylic acids is 1. The van der Waals surface area contributed by atoms with E-state index < -0.39 is 0 Å². The van der Waals surface area contributed by atoms with Gasteiger partial charge in [0.05, 0.1) is 0 Å². The topological polar surface area (TPSA) is 29.1 Å². The summed E-state index contributed by atoms with van der Waals surface area (Å²) in [6.45, 7) is 6.09. The van der Waals surface area contributed by atoms with Crippen LogP contribution in [0.4, 0.5) is 4.39 Å². The fraction of sp³-hybridized carbons (Fsp3) is 0.500. The van der Waals surface area contributed by atoms with Gasteiger partial charge in [-0.1, -0.05) is 32.0 Å². The van der Waals surface area contributed by atoms with Crippen LogP contribution in [0.1, 0.15) is 32.8 Å². The van der Waals surface area contributed by atoms with Gasteiger partial charge in [0.2, 0.25) is 5.91 Å². The molecule has 0 fully saturated rings. The van der Waals surface area contributed by atoms with Gasteiger partial charge in [0.1, 0.15) is 5.82 Å². The number of aryl methyl sites for hydroxylation is 1. The highest BCUT2D eigenvalue weighted by atomic mass is 19.1. The molecule has 17 heavy (non-hydrogen) atoms. The Morgan fingerprint density at radius 2 is 1.94 bits per heavy atom. The van der Waals surface area contributed by atoms with E-state index in [1.54, 1.807) is 18.2 Å². The Balaban J connectivity index is 2.41. The summed E-state index contributed by atoms with van der Waals surface area (Å²) in [7, 11) is 0. The summed E-state index contributed by atoms with van der Waals surface area (Å²) in [4.78, 5) is 11.6. The minimum absolute atomic E-state index is 0.0190. The predicted octanol–water partition coefficient (Wildman–Crippen LogP) is 2.92. The standard InChI is InChI=1S/C14H20FNO/c1-10(2)11(3)16-14(17)9-8-12-6-4-5-7-13(12)15/h4-7,10-11H,8-9H2,1-3H3,(H,16,17)/t11-/m1/s1.